The van der Waals surface area contributed by atoms with Gasteiger partial charge in [-0.2, -0.15) is 13.2 Å². The summed E-state index contributed by atoms with van der Waals surface area (Å²) in [5.74, 6) is 0.452. The smallest absolute Gasteiger partial charge is 0.416 e. The number of nitrogens with zero attached hydrogens (tertiary/aromatic N) is 4. The van der Waals surface area contributed by atoms with E-state index in [1.165, 1.54) is 51.0 Å². The molecule has 6 heterocycles. The van der Waals surface area contributed by atoms with Gasteiger partial charge in [0.25, 0.3) is 11.1 Å². The van der Waals surface area contributed by atoms with Gasteiger partial charge in [-0.05, 0) is 134 Å². The van der Waals surface area contributed by atoms with Gasteiger partial charge in [0.05, 0.1) is 38.7 Å². The first-order chi connectivity index (χ1) is 33.2. The highest BCUT2D eigenvalue weighted by atomic mass is 32.2. The maximum atomic E-state index is 14.4. The first-order valence-electron chi connectivity index (χ1n) is 22.9. The molecule has 0 fully saturated rings. The third-order valence-electron chi connectivity index (χ3n) is 13.6. The average Bonchev–Trinajstić information content (AvgIpc) is 4.05. The molecule has 0 N–H and O–H groups in total. The fourth-order valence-corrected chi connectivity index (χ4v) is 11.6. The van der Waals surface area contributed by atoms with Gasteiger partial charge >= 0.3 is 19.9 Å². The molecule has 0 amide bonds. The Morgan fingerprint density at radius 2 is 1.17 bits per heavy atom. The lowest BCUT2D eigenvalue weighted by atomic mass is 9.49. The molecule has 7 nitrogen and oxygen atoms in total. The van der Waals surface area contributed by atoms with Gasteiger partial charge < -0.3 is 4.74 Å². The third kappa shape index (κ3) is 6.37. The van der Waals surface area contributed by atoms with E-state index in [0.717, 1.165) is 45.1 Å². The number of hydrogen-bond donors (Lipinski definition) is 0. The molecule has 14 rings (SSSR count). The Morgan fingerprint density at radius 3 is 1.90 bits per heavy atom. The van der Waals surface area contributed by atoms with Crippen LogP contribution in [-0.4, -0.2) is 32.2 Å². The SMILES string of the molecule is CC.CC(C)(C)c1ccc2c(c1)c(=O)n1n2-c2cc(-c3ccc(C(F)(F)F)cc3)cc3c2B1c1cc(F)ccc1O3.O=c1c2cc3ccccc3cc2n2n1B1c3ccccc3Sc3cccc-2c31. The topological polar surface area (TPSA) is 63.1 Å². The lowest BCUT2D eigenvalue weighted by molar-refractivity contribution is -0.137. The van der Waals surface area contributed by atoms with E-state index in [4.69, 9.17) is 4.74 Å². The Kier molecular flexibility index (Phi) is 9.50. The summed E-state index contributed by atoms with van der Waals surface area (Å²) in [6, 6.07) is 45.9. The number of halogens is 4. The van der Waals surface area contributed by atoms with Gasteiger partial charge in [-0.1, -0.05) is 113 Å². The molecule has 0 bridgehead atoms. The molecule has 69 heavy (non-hydrogen) atoms. The molecule has 10 aromatic rings. The zero-order chi connectivity index (χ0) is 47.8. The summed E-state index contributed by atoms with van der Waals surface area (Å²) < 4.78 is 67.7. The predicted octanol–water partition coefficient (Wildman–Crippen LogP) is 10.4. The summed E-state index contributed by atoms with van der Waals surface area (Å²) in [5.41, 5.74) is 8.32. The molecule has 14 heteroatoms. The van der Waals surface area contributed by atoms with E-state index >= 15 is 0 Å². The second-order valence-corrected chi connectivity index (χ2v) is 19.6. The summed E-state index contributed by atoms with van der Waals surface area (Å²) >= 11 is 1.80. The molecular weight excluding hydrogens is 894 g/mol. The minimum absolute atomic E-state index is 0.0633. The number of ether oxygens (including phenoxy) is 1. The van der Waals surface area contributed by atoms with Crippen LogP contribution in [0.2, 0.25) is 0 Å². The molecule has 0 aliphatic carbocycles. The van der Waals surface area contributed by atoms with Crippen molar-refractivity contribution in [3.05, 3.63) is 189 Å². The minimum atomic E-state index is -4.44. The number of benzene rings is 8. The van der Waals surface area contributed by atoms with Crippen LogP contribution >= 0.6 is 11.8 Å². The van der Waals surface area contributed by atoms with E-state index < -0.39 is 24.4 Å². The zero-order valence-corrected chi connectivity index (χ0v) is 38.8. The lowest BCUT2D eigenvalue weighted by Crippen LogP contribution is -2.52. The van der Waals surface area contributed by atoms with Gasteiger partial charge in [0, 0.05) is 15.3 Å². The Hall–Kier alpha value is -7.44. The zero-order valence-electron chi connectivity index (χ0n) is 38.0. The van der Waals surface area contributed by atoms with Crippen LogP contribution in [0.1, 0.15) is 45.7 Å². The van der Waals surface area contributed by atoms with Crippen molar-refractivity contribution >= 4 is 79.9 Å². The van der Waals surface area contributed by atoms with Crippen molar-refractivity contribution in [1.82, 2.24) is 18.5 Å². The highest BCUT2D eigenvalue weighted by Gasteiger charge is 2.46. The van der Waals surface area contributed by atoms with Crippen LogP contribution in [-0.2, 0) is 11.6 Å². The molecule has 0 spiro atoms. The highest BCUT2D eigenvalue weighted by molar-refractivity contribution is 8.00. The molecule has 4 aliphatic heterocycles. The lowest BCUT2D eigenvalue weighted by Gasteiger charge is -2.23. The van der Waals surface area contributed by atoms with Gasteiger partial charge in [-0.25, -0.2) is 4.39 Å². The number of alkyl halides is 3. The van der Waals surface area contributed by atoms with Gasteiger partial charge in [0.2, 0.25) is 0 Å². The van der Waals surface area contributed by atoms with Crippen LogP contribution < -0.4 is 37.7 Å². The molecule has 2 aromatic heterocycles. The van der Waals surface area contributed by atoms with E-state index in [-0.39, 0.29) is 23.4 Å². The Balaban J connectivity index is 0.000000144. The highest BCUT2D eigenvalue weighted by Crippen LogP contribution is 2.39. The first-order valence-corrected chi connectivity index (χ1v) is 23.7. The van der Waals surface area contributed by atoms with E-state index in [2.05, 4.69) is 86.1 Å². The van der Waals surface area contributed by atoms with Crippen LogP contribution in [0.4, 0.5) is 17.6 Å². The number of hydrogen-bond acceptors (Lipinski definition) is 4. The summed E-state index contributed by atoms with van der Waals surface area (Å²) in [6.45, 7) is 9.54. The Labute approximate surface area is 398 Å². The maximum Gasteiger partial charge on any atom is 0.416 e. The largest absolute Gasteiger partial charge is 0.458 e. The Bertz CT molecular complexity index is 3940. The molecule has 0 saturated heterocycles. The van der Waals surface area contributed by atoms with Crippen molar-refractivity contribution in [1.29, 1.82) is 0 Å². The van der Waals surface area contributed by atoms with Crippen LogP contribution in [0.25, 0.3) is 55.1 Å². The fourth-order valence-electron chi connectivity index (χ4n) is 10.5. The molecule has 338 valence electrons. The molecular formula is C55H40B2F4N4O3S. The van der Waals surface area contributed by atoms with E-state index in [0.29, 0.717) is 50.1 Å². The van der Waals surface area contributed by atoms with Crippen LogP contribution in [0.3, 0.4) is 0 Å². The minimum Gasteiger partial charge on any atom is -0.458 e. The number of aromatic nitrogens is 4. The normalized spacial score (nSPS) is 13.4. The summed E-state index contributed by atoms with van der Waals surface area (Å²) in [6.07, 6.45) is -4.44. The van der Waals surface area contributed by atoms with Crippen molar-refractivity contribution in [2.45, 2.75) is 56.0 Å². The number of fused-ring (bicyclic) bond motifs is 15. The molecule has 0 atom stereocenters. The second-order valence-electron chi connectivity index (χ2n) is 18.5. The van der Waals surface area contributed by atoms with Crippen LogP contribution in [0.15, 0.2) is 171 Å². The average molecular weight is 935 g/mol. The van der Waals surface area contributed by atoms with Gasteiger partial charge in [0.15, 0.2) is 0 Å². The summed E-state index contributed by atoms with van der Waals surface area (Å²) in [7, 11) is 0. The molecule has 0 saturated carbocycles. The summed E-state index contributed by atoms with van der Waals surface area (Å²) in [4.78, 5) is 30.0. The standard InChI is InChI=1S/C30H21BF4N2O2.C23H13BN2OS.C2H6/c1-29(2,3)19-8-10-23-21(14-19)28(38)37-31-22-15-20(32)9-11-25(22)39-26-13-17(12-24(27(26)31)36(23)37)16-4-6-18(7-5-16)30(33,34)35;27-23-16-12-14-6-1-2-7-15(14)13-19(16)25-18-9-5-11-21-22(18)24(26(23)25)17-8-3-4-10-20(17)28-21;1-2/h4-15H,1-3H3;1-13H;1-2H3. The van der Waals surface area contributed by atoms with Crippen LogP contribution in [0, 0.1) is 5.82 Å². The van der Waals surface area contributed by atoms with Gasteiger partial charge in [-0.3, -0.25) is 28.1 Å². The molecule has 8 aromatic carbocycles. The van der Waals surface area contributed by atoms with Crippen molar-refractivity contribution in [2.24, 2.45) is 0 Å². The van der Waals surface area contributed by atoms with Gasteiger partial charge in [0.1, 0.15) is 17.3 Å². The summed E-state index contributed by atoms with van der Waals surface area (Å²) in [5, 5.41) is 3.58. The Morgan fingerprint density at radius 1 is 0.536 bits per heavy atom. The van der Waals surface area contributed by atoms with Crippen molar-refractivity contribution in [3.8, 4) is 34.0 Å². The molecule has 0 unspecified atom stereocenters. The fraction of sp³-hybridized carbons (Fsp3) is 0.127. The van der Waals surface area contributed by atoms with Gasteiger partial charge in [-0.15, -0.1) is 0 Å². The second kappa shape index (κ2) is 15.3. The van der Waals surface area contributed by atoms with Crippen molar-refractivity contribution < 1.29 is 22.3 Å². The van der Waals surface area contributed by atoms with Crippen LogP contribution in [0.5, 0.6) is 11.5 Å². The molecule has 0 radical (unpaired) electrons. The monoisotopic (exact) mass is 934 g/mol. The van der Waals surface area contributed by atoms with E-state index in [9.17, 15) is 27.2 Å². The van der Waals surface area contributed by atoms with Crippen molar-refractivity contribution in [2.75, 3.05) is 0 Å². The first kappa shape index (κ1) is 42.9. The predicted molar refractivity (Wildman–Crippen MR) is 271 cm³/mol. The van der Waals surface area contributed by atoms with E-state index in [1.807, 2.05) is 65.6 Å². The molecule has 4 aliphatic rings. The number of rotatable bonds is 1. The maximum absolute atomic E-state index is 14.4. The third-order valence-corrected chi connectivity index (χ3v) is 14.8. The van der Waals surface area contributed by atoms with Crippen molar-refractivity contribution in [3.63, 3.8) is 0 Å². The quantitative estimate of drug-likeness (QED) is 0.122. The van der Waals surface area contributed by atoms with E-state index in [1.54, 1.807) is 22.4 Å².